The summed E-state index contributed by atoms with van der Waals surface area (Å²) in [6.45, 7) is 4.49. The highest BCUT2D eigenvalue weighted by molar-refractivity contribution is 5.79. The highest BCUT2D eigenvalue weighted by Gasteiger charge is 2.05. The Morgan fingerprint density at radius 1 is 1.14 bits per heavy atom. The van der Waals surface area contributed by atoms with Crippen molar-refractivity contribution >= 4 is 16.9 Å². The SMILES string of the molecule is Cc1cccc(CC(=O)NCc2ccc3nc(C)[nH]c3c2)c1. The number of hydrogen-bond donors (Lipinski definition) is 2. The van der Waals surface area contributed by atoms with Crippen molar-refractivity contribution in [2.24, 2.45) is 0 Å². The Labute approximate surface area is 129 Å². The molecule has 0 saturated heterocycles. The zero-order valence-corrected chi connectivity index (χ0v) is 12.8. The molecule has 2 aromatic carbocycles. The van der Waals surface area contributed by atoms with Gasteiger partial charge in [-0.25, -0.2) is 4.98 Å². The van der Waals surface area contributed by atoms with E-state index in [1.54, 1.807) is 0 Å². The van der Waals surface area contributed by atoms with Gasteiger partial charge in [0.15, 0.2) is 0 Å². The highest BCUT2D eigenvalue weighted by atomic mass is 16.1. The van der Waals surface area contributed by atoms with Crippen molar-refractivity contribution in [2.45, 2.75) is 26.8 Å². The molecule has 1 amide bonds. The monoisotopic (exact) mass is 293 g/mol. The fraction of sp³-hybridized carbons (Fsp3) is 0.222. The third-order valence-corrected chi connectivity index (χ3v) is 3.60. The first kappa shape index (κ1) is 14.3. The van der Waals surface area contributed by atoms with E-state index in [0.717, 1.165) is 28.0 Å². The number of nitrogens with one attached hydrogen (secondary N) is 2. The Balaban J connectivity index is 1.62. The molecular weight excluding hydrogens is 274 g/mol. The van der Waals surface area contributed by atoms with Crippen molar-refractivity contribution in [1.82, 2.24) is 15.3 Å². The Morgan fingerprint density at radius 3 is 2.82 bits per heavy atom. The second-order valence-electron chi connectivity index (χ2n) is 5.62. The molecule has 0 bridgehead atoms. The number of carbonyl (C=O) groups excluding carboxylic acids is 1. The van der Waals surface area contributed by atoms with Crippen LogP contribution in [0.25, 0.3) is 11.0 Å². The van der Waals surface area contributed by atoms with Crippen LogP contribution in [0.5, 0.6) is 0 Å². The van der Waals surface area contributed by atoms with Gasteiger partial charge in [0, 0.05) is 6.54 Å². The van der Waals surface area contributed by atoms with E-state index in [0.29, 0.717) is 13.0 Å². The first-order valence-corrected chi connectivity index (χ1v) is 7.37. The molecule has 0 aliphatic carbocycles. The molecule has 0 fully saturated rings. The summed E-state index contributed by atoms with van der Waals surface area (Å²) in [5.41, 5.74) is 5.23. The van der Waals surface area contributed by atoms with Crippen molar-refractivity contribution < 1.29 is 4.79 Å². The Bertz CT molecular complexity index is 820. The van der Waals surface area contributed by atoms with E-state index in [1.807, 2.05) is 56.3 Å². The van der Waals surface area contributed by atoms with Gasteiger partial charge >= 0.3 is 0 Å². The van der Waals surface area contributed by atoms with Gasteiger partial charge in [-0.15, -0.1) is 0 Å². The van der Waals surface area contributed by atoms with Gasteiger partial charge in [0.1, 0.15) is 5.82 Å². The fourth-order valence-corrected chi connectivity index (χ4v) is 2.56. The highest BCUT2D eigenvalue weighted by Crippen LogP contribution is 2.13. The second-order valence-corrected chi connectivity index (χ2v) is 5.62. The number of carbonyl (C=O) groups is 1. The van der Waals surface area contributed by atoms with Crippen LogP contribution in [-0.2, 0) is 17.8 Å². The summed E-state index contributed by atoms with van der Waals surface area (Å²) in [5.74, 6) is 0.933. The van der Waals surface area contributed by atoms with Crippen molar-refractivity contribution in [2.75, 3.05) is 0 Å². The molecule has 2 N–H and O–H groups in total. The summed E-state index contributed by atoms with van der Waals surface area (Å²) in [5, 5.41) is 2.97. The molecule has 4 heteroatoms. The molecule has 22 heavy (non-hydrogen) atoms. The molecule has 0 saturated carbocycles. The Kier molecular flexibility index (Phi) is 3.92. The second kappa shape index (κ2) is 6.02. The maximum Gasteiger partial charge on any atom is 0.224 e. The lowest BCUT2D eigenvalue weighted by Crippen LogP contribution is -2.24. The van der Waals surface area contributed by atoms with Gasteiger partial charge in [0.2, 0.25) is 5.91 Å². The summed E-state index contributed by atoms with van der Waals surface area (Å²) in [6.07, 6.45) is 0.410. The number of hydrogen-bond acceptors (Lipinski definition) is 2. The van der Waals surface area contributed by atoms with Crippen molar-refractivity contribution in [3.63, 3.8) is 0 Å². The molecule has 3 rings (SSSR count). The fourth-order valence-electron chi connectivity index (χ4n) is 2.56. The first-order valence-electron chi connectivity index (χ1n) is 7.37. The topological polar surface area (TPSA) is 57.8 Å². The quantitative estimate of drug-likeness (QED) is 0.777. The van der Waals surface area contributed by atoms with Gasteiger partial charge in [-0.2, -0.15) is 0 Å². The van der Waals surface area contributed by atoms with E-state index in [4.69, 9.17) is 0 Å². The lowest BCUT2D eigenvalue weighted by atomic mass is 10.1. The molecule has 0 atom stereocenters. The van der Waals surface area contributed by atoms with Gasteiger partial charge in [-0.3, -0.25) is 4.79 Å². The van der Waals surface area contributed by atoms with Crippen LogP contribution >= 0.6 is 0 Å². The van der Waals surface area contributed by atoms with Crippen LogP contribution in [0.15, 0.2) is 42.5 Å². The number of aryl methyl sites for hydroxylation is 2. The largest absolute Gasteiger partial charge is 0.352 e. The molecule has 1 heterocycles. The molecule has 3 aromatic rings. The van der Waals surface area contributed by atoms with E-state index < -0.39 is 0 Å². The minimum Gasteiger partial charge on any atom is -0.352 e. The number of aromatic amines is 1. The average molecular weight is 293 g/mol. The van der Waals surface area contributed by atoms with E-state index in [9.17, 15) is 4.79 Å². The van der Waals surface area contributed by atoms with Crippen LogP contribution in [0.1, 0.15) is 22.5 Å². The maximum absolute atomic E-state index is 12.0. The smallest absolute Gasteiger partial charge is 0.224 e. The Hall–Kier alpha value is -2.62. The molecule has 0 spiro atoms. The van der Waals surface area contributed by atoms with E-state index >= 15 is 0 Å². The van der Waals surface area contributed by atoms with Crippen LogP contribution in [0.4, 0.5) is 0 Å². The number of H-pyrrole nitrogens is 1. The lowest BCUT2D eigenvalue weighted by Gasteiger charge is -2.06. The van der Waals surface area contributed by atoms with Crippen LogP contribution < -0.4 is 5.32 Å². The van der Waals surface area contributed by atoms with Gasteiger partial charge in [-0.05, 0) is 37.1 Å². The first-order chi connectivity index (χ1) is 10.6. The molecule has 0 radical (unpaired) electrons. The van der Waals surface area contributed by atoms with Gasteiger partial charge in [0.05, 0.1) is 17.5 Å². The number of imidazole rings is 1. The number of rotatable bonds is 4. The molecule has 0 aliphatic heterocycles. The predicted molar refractivity (Wildman–Crippen MR) is 87.6 cm³/mol. The summed E-state index contributed by atoms with van der Waals surface area (Å²) in [6, 6.07) is 14.0. The average Bonchev–Trinajstić information content (AvgIpc) is 2.84. The van der Waals surface area contributed by atoms with Gasteiger partial charge in [0.25, 0.3) is 0 Å². The number of fused-ring (bicyclic) bond motifs is 1. The predicted octanol–water partition coefficient (Wildman–Crippen LogP) is 3.04. The van der Waals surface area contributed by atoms with Crippen LogP contribution in [0.2, 0.25) is 0 Å². The number of amides is 1. The maximum atomic E-state index is 12.0. The third-order valence-electron chi connectivity index (χ3n) is 3.60. The lowest BCUT2D eigenvalue weighted by molar-refractivity contribution is -0.120. The molecule has 4 nitrogen and oxygen atoms in total. The molecular formula is C18H19N3O. The molecule has 0 aliphatic rings. The third kappa shape index (κ3) is 3.34. The molecule has 112 valence electrons. The number of benzene rings is 2. The zero-order chi connectivity index (χ0) is 15.5. The normalized spacial score (nSPS) is 10.8. The minimum absolute atomic E-state index is 0.0338. The van der Waals surface area contributed by atoms with E-state index in [2.05, 4.69) is 15.3 Å². The summed E-state index contributed by atoms with van der Waals surface area (Å²) in [4.78, 5) is 19.6. The summed E-state index contributed by atoms with van der Waals surface area (Å²) in [7, 11) is 0. The Morgan fingerprint density at radius 2 is 2.00 bits per heavy atom. The standard InChI is InChI=1S/C18H19N3O/c1-12-4-3-5-14(8-12)10-18(22)19-11-15-6-7-16-17(9-15)21-13(2)20-16/h3-9H,10-11H2,1-2H3,(H,19,22)(H,20,21). The number of aromatic nitrogens is 2. The van der Waals surface area contributed by atoms with Crippen LogP contribution in [-0.4, -0.2) is 15.9 Å². The van der Waals surface area contributed by atoms with Crippen molar-refractivity contribution in [3.05, 3.63) is 65.0 Å². The number of nitrogens with zero attached hydrogens (tertiary/aromatic N) is 1. The van der Waals surface area contributed by atoms with Crippen LogP contribution in [0, 0.1) is 13.8 Å². The van der Waals surface area contributed by atoms with Gasteiger partial charge in [-0.1, -0.05) is 35.9 Å². The van der Waals surface area contributed by atoms with E-state index in [-0.39, 0.29) is 5.91 Å². The summed E-state index contributed by atoms with van der Waals surface area (Å²) < 4.78 is 0. The zero-order valence-electron chi connectivity index (χ0n) is 12.8. The van der Waals surface area contributed by atoms with Crippen LogP contribution in [0.3, 0.4) is 0 Å². The van der Waals surface area contributed by atoms with Gasteiger partial charge < -0.3 is 10.3 Å². The minimum atomic E-state index is 0.0338. The summed E-state index contributed by atoms with van der Waals surface area (Å²) >= 11 is 0. The molecule has 0 unspecified atom stereocenters. The molecule has 1 aromatic heterocycles. The van der Waals surface area contributed by atoms with E-state index in [1.165, 1.54) is 5.56 Å². The van der Waals surface area contributed by atoms with Crippen molar-refractivity contribution in [1.29, 1.82) is 0 Å². The van der Waals surface area contributed by atoms with Crippen molar-refractivity contribution in [3.8, 4) is 0 Å².